The molecule has 0 saturated carbocycles. The van der Waals surface area contributed by atoms with Gasteiger partial charge in [-0.25, -0.2) is 4.98 Å². The normalized spacial score (nSPS) is 13.7. The van der Waals surface area contributed by atoms with Crippen LogP contribution in [0.25, 0.3) is 11.3 Å². The number of thiazole rings is 1. The summed E-state index contributed by atoms with van der Waals surface area (Å²) in [7, 11) is 0. The standard InChI is InChI=1S/C17H23N3OS/c1-5-8-17(4,18)15(21)20-16-19-14(10-22-16)13-7-6-11(2)9-12(13)3/h6-7,9-10H,5,8,18H2,1-4H3,(H,19,20,21). The number of nitrogens with zero attached hydrogens (tertiary/aromatic N) is 1. The molecule has 2 rings (SSSR count). The lowest BCUT2D eigenvalue weighted by Crippen LogP contribution is -2.48. The smallest absolute Gasteiger partial charge is 0.245 e. The van der Waals surface area contributed by atoms with E-state index < -0.39 is 5.54 Å². The third-order valence-electron chi connectivity index (χ3n) is 3.67. The molecule has 4 nitrogen and oxygen atoms in total. The zero-order chi connectivity index (χ0) is 16.3. The molecule has 3 N–H and O–H groups in total. The monoisotopic (exact) mass is 317 g/mol. The van der Waals surface area contributed by atoms with E-state index in [1.807, 2.05) is 12.3 Å². The molecule has 0 aliphatic heterocycles. The van der Waals surface area contributed by atoms with E-state index in [0.29, 0.717) is 11.6 Å². The van der Waals surface area contributed by atoms with E-state index in [0.717, 1.165) is 17.7 Å². The van der Waals surface area contributed by atoms with E-state index in [2.05, 4.69) is 42.3 Å². The van der Waals surface area contributed by atoms with E-state index in [4.69, 9.17) is 5.73 Å². The van der Waals surface area contributed by atoms with Crippen molar-refractivity contribution in [2.45, 2.75) is 46.1 Å². The van der Waals surface area contributed by atoms with Crippen molar-refractivity contribution in [3.8, 4) is 11.3 Å². The van der Waals surface area contributed by atoms with Crippen LogP contribution in [0.5, 0.6) is 0 Å². The van der Waals surface area contributed by atoms with Crippen LogP contribution in [0.2, 0.25) is 0 Å². The molecule has 0 spiro atoms. The van der Waals surface area contributed by atoms with Crippen molar-refractivity contribution in [2.75, 3.05) is 5.32 Å². The highest BCUT2D eigenvalue weighted by molar-refractivity contribution is 7.14. The molecule has 0 fully saturated rings. The SMILES string of the molecule is CCCC(C)(N)C(=O)Nc1nc(-c2ccc(C)cc2C)cs1. The molecule has 1 heterocycles. The Labute approximate surface area is 135 Å². The van der Waals surface area contributed by atoms with Crippen LogP contribution >= 0.6 is 11.3 Å². The zero-order valence-corrected chi connectivity index (χ0v) is 14.4. The minimum Gasteiger partial charge on any atom is -0.318 e. The average Bonchev–Trinajstić information content (AvgIpc) is 2.86. The van der Waals surface area contributed by atoms with Gasteiger partial charge in [-0.05, 0) is 32.8 Å². The van der Waals surface area contributed by atoms with Gasteiger partial charge in [-0.3, -0.25) is 4.79 Å². The van der Waals surface area contributed by atoms with Gasteiger partial charge in [0.2, 0.25) is 5.91 Å². The molecule has 0 saturated heterocycles. The summed E-state index contributed by atoms with van der Waals surface area (Å²) in [6.45, 7) is 7.90. The van der Waals surface area contributed by atoms with Gasteiger partial charge in [-0.2, -0.15) is 0 Å². The summed E-state index contributed by atoms with van der Waals surface area (Å²) in [5, 5.41) is 5.38. The number of aromatic nitrogens is 1. The first-order chi connectivity index (χ1) is 10.3. The molecule has 0 aliphatic rings. The van der Waals surface area contributed by atoms with Crippen LogP contribution in [0.3, 0.4) is 0 Å². The number of aryl methyl sites for hydroxylation is 2. The first-order valence-corrected chi connectivity index (χ1v) is 8.35. The summed E-state index contributed by atoms with van der Waals surface area (Å²) in [5.41, 5.74) is 9.56. The van der Waals surface area contributed by atoms with Gasteiger partial charge in [-0.1, -0.05) is 37.1 Å². The molecule has 0 aliphatic carbocycles. The fraction of sp³-hybridized carbons (Fsp3) is 0.412. The molecule has 1 unspecified atom stereocenters. The maximum atomic E-state index is 12.2. The largest absolute Gasteiger partial charge is 0.318 e. The van der Waals surface area contributed by atoms with Crippen molar-refractivity contribution in [1.29, 1.82) is 0 Å². The van der Waals surface area contributed by atoms with E-state index in [-0.39, 0.29) is 5.91 Å². The quantitative estimate of drug-likeness (QED) is 0.879. The van der Waals surface area contributed by atoms with Crippen LogP contribution in [-0.2, 0) is 4.79 Å². The highest BCUT2D eigenvalue weighted by atomic mass is 32.1. The van der Waals surface area contributed by atoms with Crippen molar-refractivity contribution in [3.05, 3.63) is 34.7 Å². The molecule has 2 aromatic rings. The lowest BCUT2D eigenvalue weighted by molar-refractivity contribution is -0.120. The number of nitrogens with two attached hydrogens (primary N) is 1. The average molecular weight is 317 g/mol. The number of benzene rings is 1. The second-order valence-corrected chi connectivity index (χ2v) is 6.84. The first kappa shape index (κ1) is 16.6. The molecule has 1 aromatic heterocycles. The van der Waals surface area contributed by atoms with Gasteiger partial charge in [0.25, 0.3) is 0 Å². The van der Waals surface area contributed by atoms with Gasteiger partial charge >= 0.3 is 0 Å². The highest BCUT2D eigenvalue weighted by Crippen LogP contribution is 2.28. The number of nitrogens with one attached hydrogen (secondary N) is 1. The summed E-state index contributed by atoms with van der Waals surface area (Å²) >= 11 is 1.42. The van der Waals surface area contributed by atoms with Gasteiger partial charge in [0, 0.05) is 10.9 Å². The second kappa shape index (κ2) is 6.58. The van der Waals surface area contributed by atoms with Gasteiger partial charge < -0.3 is 11.1 Å². The fourth-order valence-electron chi connectivity index (χ4n) is 2.43. The van der Waals surface area contributed by atoms with Crippen LogP contribution in [0.15, 0.2) is 23.6 Å². The Hall–Kier alpha value is -1.72. The van der Waals surface area contributed by atoms with Crippen molar-refractivity contribution in [3.63, 3.8) is 0 Å². The number of amides is 1. The van der Waals surface area contributed by atoms with Gasteiger partial charge in [0.05, 0.1) is 11.2 Å². The molecule has 118 valence electrons. The number of hydrogen-bond acceptors (Lipinski definition) is 4. The first-order valence-electron chi connectivity index (χ1n) is 7.47. The number of anilines is 1. The summed E-state index contributed by atoms with van der Waals surface area (Å²) in [6.07, 6.45) is 1.51. The molecule has 1 aromatic carbocycles. The summed E-state index contributed by atoms with van der Waals surface area (Å²) in [4.78, 5) is 16.7. The molecule has 22 heavy (non-hydrogen) atoms. The lowest BCUT2D eigenvalue weighted by atomic mass is 9.97. The Morgan fingerprint density at radius 3 is 2.77 bits per heavy atom. The summed E-state index contributed by atoms with van der Waals surface area (Å²) in [5.74, 6) is -0.184. The minimum atomic E-state index is -0.861. The third-order valence-corrected chi connectivity index (χ3v) is 4.43. The van der Waals surface area contributed by atoms with Crippen LogP contribution in [-0.4, -0.2) is 16.4 Å². The van der Waals surface area contributed by atoms with E-state index in [9.17, 15) is 4.79 Å². The molecule has 0 bridgehead atoms. The van der Waals surface area contributed by atoms with Crippen LogP contribution in [0.4, 0.5) is 5.13 Å². The third kappa shape index (κ3) is 3.72. The zero-order valence-electron chi connectivity index (χ0n) is 13.6. The lowest BCUT2D eigenvalue weighted by Gasteiger charge is -2.21. The fourth-order valence-corrected chi connectivity index (χ4v) is 3.13. The van der Waals surface area contributed by atoms with Crippen LogP contribution in [0.1, 0.15) is 37.8 Å². The van der Waals surface area contributed by atoms with Gasteiger partial charge in [-0.15, -0.1) is 11.3 Å². The minimum absolute atomic E-state index is 0.184. The summed E-state index contributed by atoms with van der Waals surface area (Å²) in [6, 6.07) is 6.26. The predicted molar refractivity (Wildman–Crippen MR) is 93.2 cm³/mol. The molecular weight excluding hydrogens is 294 g/mol. The maximum absolute atomic E-state index is 12.2. The Bertz CT molecular complexity index is 676. The summed E-state index contributed by atoms with van der Waals surface area (Å²) < 4.78 is 0. The number of rotatable bonds is 5. The van der Waals surface area contributed by atoms with Crippen molar-refractivity contribution >= 4 is 22.4 Å². The molecule has 1 amide bonds. The maximum Gasteiger partial charge on any atom is 0.245 e. The molecule has 0 radical (unpaired) electrons. The Balaban J connectivity index is 2.17. The molecular formula is C17H23N3OS. The number of carbonyl (C=O) groups excluding carboxylic acids is 1. The Kier molecular flexibility index (Phi) is 4.98. The molecule has 1 atom stereocenters. The van der Waals surface area contributed by atoms with E-state index >= 15 is 0 Å². The predicted octanol–water partition coefficient (Wildman–Crippen LogP) is 3.88. The highest BCUT2D eigenvalue weighted by Gasteiger charge is 2.27. The van der Waals surface area contributed by atoms with E-state index in [1.54, 1.807) is 6.92 Å². The number of carbonyl (C=O) groups is 1. The topological polar surface area (TPSA) is 68.0 Å². The number of hydrogen-bond donors (Lipinski definition) is 2. The van der Waals surface area contributed by atoms with Crippen molar-refractivity contribution in [1.82, 2.24) is 4.98 Å². The molecule has 5 heteroatoms. The van der Waals surface area contributed by atoms with Crippen molar-refractivity contribution < 1.29 is 4.79 Å². The van der Waals surface area contributed by atoms with Crippen LogP contribution in [0, 0.1) is 13.8 Å². The van der Waals surface area contributed by atoms with Crippen LogP contribution < -0.4 is 11.1 Å². The second-order valence-electron chi connectivity index (χ2n) is 5.98. The Morgan fingerprint density at radius 1 is 1.41 bits per heavy atom. The van der Waals surface area contributed by atoms with Crippen molar-refractivity contribution in [2.24, 2.45) is 5.73 Å². The Morgan fingerprint density at radius 2 is 2.14 bits per heavy atom. The van der Waals surface area contributed by atoms with Gasteiger partial charge in [0.15, 0.2) is 5.13 Å². The van der Waals surface area contributed by atoms with E-state index in [1.165, 1.54) is 22.5 Å². The van der Waals surface area contributed by atoms with Gasteiger partial charge in [0.1, 0.15) is 0 Å².